The summed E-state index contributed by atoms with van der Waals surface area (Å²) < 4.78 is 12.4. The lowest BCUT2D eigenvalue weighted by atomic mass is 9.94. The summed E-state index contributed by atoms with van der Waals surface area (Å²) >= 11 is 7.42. The summed E-state index contributed by atoms with van der Waals surface area (Å²) in [6, 6.07) is 13.6. The van der Waals surface area contributed by atoms with E-state index in [4.69, 9.17) is 21.1 Å². The maximum Gasteiger partial charge on any atom is 0.344 e. The zero-order valence-electron chi connectivity index (χ0n) is 22.3. The number of aromatic nitrogens is 1. The zero-order chi connectivity index (χ0) is 28.1. The zero-order valence-corrected chi connectivity index (χ0v) is 23.8. The highest BCUT2D eigenvalue weighted by molar-refractivity contribution is 7.07. The number of allylic oxidation sites excluding steroid dienone is 1. The minimum Gasteiger partial charge on any atom is -0.482 e. The van der Waals surface area contributed by atoms with Gasteiger partial charge in [-0.15, -0.1) is 0 Å². The molecule has 204 valence electrons. The molecule has 0 bridgehead atoms. The van der Waals surface area contributed by atoms with E-state index in [1.807, 2.05) is 32.9 Å². The Morgan fingerprint density at radius 2 is 1.74 bits per heavy atom. The van der Waals surface area contributed by atoms with Crippen LogP contribution in [0.4, 0.5) is 0 Å². The third-order valence-electron chi connectivity index (χ3n) is 6.33. The van der Waals surface area contributed by atoms with E-state index in [0.29, 0.717) is 51.1 Å². The number of thiazole rings is 1. The molecule has 1 amide bonds. The monoisotopic (exact) mass is 567 g/mol. The molecule has 2 aromatic carbocycles. The van der Waals surface area contributed by atoms with Crippen LogP contribution in [0.3, 0.4) is 0 Å². The number of likely N-dealkylation sites (N-methyl/N-ethyl adjacent to an activating group) is 1. The van der Waals surface area contributed by atoms with Crippen LogP contribution < -0.4 is 19.6 Å². The van der Waals surface area contributed by atoms with Gasteiger partial charge in [-0.25, -0.2) is 9.79 Å². The fraction of sp³-hybridized carbons (Fsp3) is 0.310. The largest absolute Gasteiger partial charge is 0.482 e. The lowest BCUT2D eigenvalue weighted by Crippen LogP contribution is -2.43. The van der Waals surface area contributed by atoms with Crippen LogP contribution in [0.15, 0.2) is 69.6 Å². The Labute approximate surface area is 235 Å². The molecule has 0 spiro atoms. The van der Waals surface area contributed by atoms with Gasteiger partial charge in [0.2, 0.25) is 0 Å². The van der Waals surface area contributed by atoms with Gasteiger partial charge in [0, 0.05) is 18.1 Å². The number of esters is 1. The number of fused-ring (bicyclic) bond motifs is 1. The van der Waals surface area contributed by atoms with Crippen molar-refractivity contribution >= 4 is 40.9 Å². The number of hydrogen-bond donors (Lipinski definition) is 0. The van der Waals surface area contributed by atoms with Gasteiger partial charge in [-0.05, 0) is 69.2 Å². The summed E-state index contributed by atoms with van der Waals surface area (Å²) in [5.74, 6) is -0.0689. The van der Waals surface area contributed by atoms with Gasteiger partial charge in [0.15, 0.2) is 11.4 Å². The van der Waals surface area contributed by atoms with Crippen molar-refractivity contribution in [2.75, 3.05) is 26.3 Å². The molecular weight excluding hydrogens is 538 g/mol. The summed E-state index contributed by atoms with van der Waals surface area (Å²) in [5, 5.41) is 0.568. The van der Waals surface area contributed by atoms with E-state index < -0.39 is 12.0 Å². The van der Waals surface area contributed by atoms with Gasteiger partial charge < -0.3 is 14.4 Å². The number of hydrogen-bond acceptors (Lipinski definition) is 7. The van der Waals surface area contributed by atoms with Gasteiger partial charge in [0.1, 0.15) is 5.75 Å². The van der Waals surface area contributed by atoms with E-state index in [-0.39, 0.29) is 18.1 Å². The van der Waals surface area contributed by atoms with Crippen molar-refractivity contribution in [2.24, 2.45) is 4.99 Å². The smallest absolute Gasteiger partial charge is 0.344 e. The van der Waals surface area contributed by atoms with Gasteiger partial charge in [0.25, 0.3) is 11.5 Å². The Bertz CT molecular complexity index is 1570. The number of carbonyl (C=O) groups is 2. The Hall–Kier alpha value is -3.69. The first-order valence-corrected chi connectivity index (χ1v) is 13.9. The summed E-state index contributed by atoms with van der Waals surface area (Å²) in [6.07, 6.45) is 1.78. The lowest BCUT2D eigenvalue weighted by Gasteiger charge is -2.29. The molecule has 1 aliphatic rings. The molecule has 1 atom stereocenters. The van der Waals surface area contributed by atoms with Crippen LogP contribution in [0.5, 0.6) is 5.75 Å². The number of nitrogens with zero attached hydrogens (tertiary/aromatic N) is 3. The molecule has 0 saturated heterocycles. The van der Waals surface area contributed by atoms with Crippen molar-refractivity contribution < 1.29 is 19.1 Å². The molecule has 0 aliphatic carbocycles. The van der Waals surface area contributed by atoms with E-state index in [9.17, 15) is 14.4 Å². The highest BCUT2D eigenvalue weighted by Gasteiger charge is 2.34. The second-order valence-corrected chi connectivity index (χ2v) is 10.2. The number of amides is 1. The van der Waals surface area contributed by atoms with Crippen LogP contribution in [-0.2, 0) is 14.3 Å². The van der Waals surface area contributed by atoms with E-state index in [1.54, 1.807) is 58.9 Å². The minimum atomic E-state index is -0.632. The fourth-order valence-corrected chi connectivity index (χ4v) is 5.57. The van der Waals surface area contributed by atoms with Gasteiger partial charge in [-0.1, -0.05) is 47.2 Å². The highest BCUT2D eigenvalue weighted by atomic mass is 35.5. The summed E-state index contributed by atoms with van der Waals surface area (Å²) in [5.41, 5.74) is 2.38. The average Bonchev–Trinajstić information content (AvgIpc) is 3.22. The number of carbonyl (C=O) groups excluding carboxylic acids is 2. The number of ether oxygens (including phenoxy) is 2. The maximum atomic E-state index is 13.8. The Morgan fingerprint density at radius 3 is 2.36 bits per heavy atom. The van der Waals surface area contributed by atoms with Crippen LogP contribution in [0.1, 0.15) is 44.9 Å². The molecule has 3 aromatic rings. The van der Waals surface area contributed by atoms with Crippen LogP contribution >= 0.6 is 22.9 Å². The van der Waals surface area contributed by atoms with Crippen LogP contribution in [0.2, 0.25) is 5.02 Å². The second-order valence-electron chi connectivity index (χ2n) is 8.77. The molecule has 4 rings (SSSR count). The van der Waals surface area contributed by atoms with Crippen molar-refractivity contribution in [1.29, 1.82) is 0 Å². The summed E-state index contributed by atoms with van der Waals surface area (Å²) in [4.78, 5) is 45.9. The topological polar surface area (TPSA) is 90.2 Å². The quantitative estimate of drug-likeness (QED) is 0.368. The van der Waals surface area contributed by atoms with Crippen molar-refractivity contribution in [1.82, 2.24) is 9.47 Å². The molecule has 10 heteroatoms. The SMILES string of the molecule is CCOC(=O)COc1ccc(/C=c2/sc3n(c2=O)[C@H](c2ccc(Cl)cc2)C(C(=O)N(CC)CC)=C(C)N=3)cc1. The molecule has 1 aromatic heterocycles. The maximum absolute atomic E-state index is 13.8. The lowest BCUT2D eigenvalue weighted by molar-refractivity contribution is -0.145. The number of benzene rings is 2. The molecular formula is C29H30ClN3O5S. The highest BCUT2D eigenvalue weighted by Crippen LogP contribution is 2.31. The standard InChI is InChI=1S/C29H30ClN3O5S/c1-5-32(6-2)28(36)25-18(4)31-29-33(26(25)20-10-12-21(30)13-11-20)27(35)23(39-29)16-19-8-14-22(15-9-19)38-17-24(34)37-7-3/h8-16,26H,5-7,17H2,1-4H3/b23-16+/t26-/m1/s1. The molecule has 0 unspecified atom stereocenters. The first-order valence-electron chi connectivity index (χ1n) is 12.7. The predicted molar refractivity (Wildman–Crippen MR) is 152 cm³/mol. The normalized spacial score (nSPS) is 15.0. The van der Waals surface area contributed by atoms with E-state index in [0.717, 1.165) is 11.1 Å². The fourth-order valence-electron chi connectivity index (χ4n) is 4.39. The Kier molecular flexibility index (Phi) is 9.04. The van der Waals surface area contributed by atoms with Crippen LogP contribution in [-0.4, -0.2) is 47.6 Å². The molecule has 0 N–H and O–H groups in total. The molecule has 1 aliphatic heterocycles. The van der Waals surface area contributed by atoms with Crippen LogP contribution in [0, 0.1) is 0 Å². The first kappa shape index (κ1) is 28.3. The Morgan fingerprint density at radius 1 is 1.08 bits per heavy atom. The van der Waals surface area contributed by atoms with Gasteiger partial charge >= 0.3 is 5.97 Å². The first-order chi connectivity index (χ1) is 18.8. The van der Waals surface area contributed by atoms with Crippen molar-refractivity contribution in [3.8, 4) is 5.75 Å². The second kappa shape index (κ2) is 12.4. The molecule has 0 radical (unpaired) electrons. The average molecular weight is 568 g/mol. The van der Waals surface area contributed by atoms with E-state index in [1.165, 1.54) is 11.3 Å². The summed E-state index contributed by atoms with van der Waals surface area (Å²) in [6.45, 7) is 8.61. The molecule has 8 nitrogen and oxygen atoms in total. The summed E-state index contributed by atoms with van der Waals surface area (Å²) in [7, 11) is 0. The minimum absolute atomic E-state index is 0.145. The molecule has 0 saturated carbocycles. The third-order valence-corrected chi connectivity index (χ3v) is 7.56. The predicted octanol–water partition coefficient (Wildman–Crippen LogP) is 3.70. The van der Waals surface area contributed by atoms with E-state index >= 15 is 0 Å². The molecule has 0 fully saturated rings. The third kappa shape index (κ3) is 6.15. The van der Waals surface area contributed by atoms with Gasteiger partial charge in [0.05, 0.1) is 28.5 Å². The molecule has 2 heterocycles. The number of halogens is 1. The Balaban J connectivity index is 1.75. The van der Waals surface area contributed by atoms with Gasteiger partial charge in [-0.3, -0.25) is 14.2 Å². The van der Waals surface area contributed by atoms with Crippen molar-refractivity contribution in [2.45, 2.75) is 33.7 Å². The van der Waals surface area contributed by atoms with Crippen molar-refractivity contribution in [3.63, 3.8) is 0 Å². The van der Waals surface area contributed by atoms with Gasteiger partial charge in [-0.2, -0.15) is 0 Å². The van der Waals surface area contributed by atoms with E-state index in [2.05, 4.69) is 4.99 Å². The molecule has 39 heavy (non-hydrogen) atoms. The van der Waals surface area contributed by atoms with Crippen molar-refractivity contribution in [3.05, 3.63) is 95.6 Å². The van der Waals surface area contributed by atoms with Crippen LogP contribution in [0.25, 0.3) is 6.08 Å². The number of rotatable bonds is 9.